The highest BCUT2D eigenvalue weighted by Crippen LogP contribution is 2.51. The zero-order chi connectivity index (χ0) is 11.0. The highest BCUT2D eigenvalue weighted by atomic mass is 15.2. The summed E-state index contributed by atoms with van der Waals surface area (Å²) in [6.45, 7) is 2.56. The van der Waals surface area contributed by atoms with Crippen molar-refractivity contribution in [3.05, 3.63) is 0 Å². The van der Waals surface area contributed by atoms with Gasteiger partial charge >= 0.3 is 0 Å². The first-order valence-corrected chi connectivity index (χ1v) is 7.23. The van der Waals surface area contributed by atoms with Crippen molar-refractivity contribution in [2.45, 2.75) is 63.5 Å². The third kappa shape index (κ3) is 1.91. The van der Waals surface area contributed by atoms with Crippen molar-refractivity contribution < 1.29 is 0 Å². The molecule has 2 aliphatic carbocycles. The molecule has 3 aliphatic rings. The first kappa shape index (κ1) is 11.0. The molecule has 1 saturated heterocycles. The lowest BCUT2D eigenvalue weighted by Gasteiger charge is -2.53. The van der Waals surface area contributed by atoms with Crippen molar-refractivity contribution in [3.8, 4) is 0 Å². The molecule has 3 fully saturated rings. The molecule has 0 aromatic rings. The standard InChI is InChI=1S/C14H26N2/c1-16-10-6-12(11-16)15-13-5-9-14(13)7-3-2-4-8-14/h12-13,15H,2-11H2,1H3. The van der Waals surface area contributed by atoms with Crippen LogP contribution in [0.1, 0.15) is 51.4 Å². The molecule has 2 atom stereocenters. The largest absolute Gasteiger partial charge is 0.309 e. The number of likely N-dealkylation sites (N-methyl/N-ethyl adjacent to an activating group) is 1. The number of rotatable bonds is 2. The van der Waals surface area contributed by atoms with Crippen molar-refractivity contribution in [3.63, 3.8) is 0 Å². The Labute approximate surface area is 99.8 Å². The van der Waals surface area contributed by atoms with Crippen LogP contribution in [-0.2, 0) is 0 Å². The Morgan fingerprint density at radius 2 is 1.88 bits per heavy atom. The normalized spacial score (nSPS) is 38.8. The summed E-state index contributed by atoms with van der Waals surface area (Å²) in [5.74, 6) is 0. The lowest BCUT2D eigenvalue weighted by atomic mass is 9.57. The van der Waals surface area contributed by atoms with Crippen molar-refractivity contribution in [2.75, 3.05) is 20.1 Å². The molecule has 1 aliphatic heterocycles. The van der Waals surface area contributed by atoms with Crippen LogP contribution in [0.4, 0.5) is 0 Å². The van der Waals surface area contributed by atoms with Crippen molar-refractivity contribution in [1.82, 2.24) is 10.2 Å². The van der Waals surface area contributed by atoms with Crippen LogP contribution in [0.3, 0.4) is 0 Å². The summed E-state index contributed by atoms with van der Waals surface area (Å²) in [5.41, 5.74) is 0.736. The van der Waals surface area contributed by atoms with Gasteiger partial charge in [-0.15, -0.1) is 0 Å². The fourth-order valence-corrected chi connectivity index (χ4v) is 4.17. The summed E-state index contributed by atoms with van der Waals surface area (Å²) in [5, 5.41) is 3.96. The van der Waals surface area contributed by atoms with Crippen molar-refractivity contribution in [1.29, 1.82) is 0 Å². The maximum atomic E-state index is 3.96. The zero-order valence-corrected chi connectivity index (χ0v) is 10.7. The summed E-state index contributed by atoms with van der Waals surface area (Å²) in [7, 11) is 2.25. The summed E-state index contributed by atoms with van der Waals surface area (Å²) in [6.07, 6.45) is 11.8. The smallest absolute Gasteiger partial charge is 0.0209 e. The van der Waals surface area contributed by atoms with E-state index in [4.69, 9.17) is 0 Å². The van der Waals surface area contributed by atoms with Gasteiger partial charge in [-0.3, -0.25) is 0 Å². The lowest BCUT2D eigenvalue weighted by Crippen LogP contribution is -2.57. The minimum Gasteiger partial charge on any atom is -0.309 e. The molecule has 2 nitrogen and oxygen atoms in total. The number of hydrogen-bond acceptors (Lipinski definition) is 2. The first-order valence-electron chi connectivity index (χ1n) is 7.23. The summed E-state index contributed by atoms with van der Waals surface area (Å²) >= 11 is 0. The Kier molecular flexibility index (Phi) is 2.97. The van der Waals surface area contributed by atoms with Gasteiger partial charge in [-0.05, 0) is 51.1 Å². The van der Waals surface area contributed by atoms with Gasteiger partial charge < -0.3 is 10.2 Å². The minimum absolute atomic E-state index is 0.736. The van der Waals surface area contributed by atoms with Crippen LogP contribution in [0.5, 0.6) is 0 Å². The Morgan fingerprint density at radius 1 is 1.06 bits per heavy atom. The maximum absolute atomic E-state index is 3.96. The van der Waals surface area contributed by atoms with Gasteiger partial charge in [0.15, 0.2) is 0 Å². The number of nitrogens with zero attached hydrogens (tertiary/aromatic N) is 1. The molecule has 1 N–H and O–H groups in total. The molecule has 0 radical (unpaired) electrons. The van der Waals surface area contributed by atoms with E-state index in [9.17, 15) is 0 Å². The number of likely N-dealkylation sites (tertiary alicyclic amines) is 1. The first-order chi connectivity index (χ1) is 7.78. The Morgan fingerprint density at radius 3 is 2.44 bits per heavy atom. The SMILES string of the molecule is CN1CCC(NC2CCC23CCCCC3)C1. The molecule has 1 heterocycles. The average molecular weight is 222 g/mol. The maximum Gasteiger partial charge on any atom is 0.0209 e. The molecule has 0 amide bonds. The van der Waals surface area contributed by atoms with Crippen LogP contribution >= 0.6 is 0 Å². The predicted molar refractivity (Wildman–Crippen MR) is 67.6 cm³/mol. The van der Waals surface area contributed by atoms with Crippen LogP contribution < -0.4 is 5.32 Å². The molecule has 0 bridgehead atoms. The second kappa shape index (κ2) is 4.30. The fraction of sp³-hybridized carbons (Fsp3) is 1.00. The van der Waals surface area contributed by atoms with E-state index in [0.717, 1.165) is 17.5 Å². The molecule has 0 aromatic carbocycles. The van der Waals surface area contributed by atoms with Gasteiger partial charge in [-0.25, -0.2) is 0 Å². The van der Waals surface area contributed by atoms with Gasteiger partial charge in [-0.1, -0.05) is 19.3 Å². The van der Waals surface area contributed by atoms with E-state index in [1.807, 2.05) is 0 Å². The number of nitrogens with one attached hydrogen (secondary N) is 1. The molecule has 2 heteroatoms. The van der Waals surface area contributed by atoms with Crippen LogP contribution in [-0.4, -0.2) is 37.1 Å². The molecular weight excluding hydrogens is 196 g/mol. The van der Waals surface area contributed by atoms with Gasteiger partial charge in [0.2, 0.25) is 0 Å². The Hall–Kier alpha value is -0.0800. The van der Waals surface area contributed by atoms with Crippen LogP contribution in [0.15, 0.2) is 0 Å². The Bertz CT molecular complexity index is 245. The van der Waals surface area contributed by atoms with Gasteiger partial charge in [0.25, 0.3) is 0 Å². The van der Waals surface area contributed by atoms with Crippen molar-refractivity contribution in [2.24, 2.45) is 5.41 Å². The summed E-state index contributed by atoms with van der Waals surface area (Å²) in [4.78, 5) is 2.46. The minimum atomic E-state index is 0.736. The third-order valence-corrected chi connectivity index (χ3v) is 5.35. The second-order valence-electron chi connectivity index (χ2n) is 6.43. The van der Waals surface area contributed by atoms with Gasteiger partial charge in [0.05, 0.1) is 0 Å². The van der Waals surface area contributed by atoms with E-state index >= 15 is 0 Å². The van der Waals surface area contributed by atoms with Crippen LogP contribution in [0, 0.1) is 5.41 Å². The molecular formula is C14H26N2. The van der Waals surface area contributed by atoms with Gasteiger partial charge in [0, 0.05) is 18.6 Å². The third-order valence-electron chi connectivity index (χ3n) is 5.35. The Balaban J connectivity index is 1.55. The summed E-state index contributed by atoms with van der Waals surface area (Å²) in [6, 6.07) is 1.65. The highest BCUT2D eigenvalue weighted by Gasteiger charge is 2.47. The molecule has 16 heavy (non-hydrogen) atoms. The van der Waals surface area contributed by atoms with E-state index in [2.05, 4.69) is 17.3 Å². The van der Waals surface area contributed by atoms with Crippen LogP contribution in [0.2, 0.25) is 0 Å². The van der Waals surface area contributed by atoms with Gasteiger partial charge in [0.1, 0.15) is 0 Å². The quantitative estimate of drug-likeness (QED) is 0.772. The van der Waals surface area contributed by atoms with Crippen molar-refractivity contribution >= 4 is 0 Å². The van der Waals surface area contributed by atoms with E-state index in [0.29, 0.717) is 0 Å². The highest BCUT2D eigenvalue weighted by molar-refractivity contribution is 5.03. The van der Waals surface area contributed by atoms with Crippen LogP contribution in [0.25, 0.3) is 0 Å². The van der Waals surface area contributed by atoms with Gasteiger partial charge in [-0.2, -0.15) is 0 Å². The topological polar surface area (TPSA) is 15.3 Å². The molecule has 92 valence electrons. The number of hydrogen-bond donors (Lipinski definition) is 1. The fourth-order valence-electron chi connectivity index (χ4n) is 4.17. The monoisotopic (exact) mass is 222 g/mol. The van der Waals surface area contributed by atoms with E-state index < -0.39 is 0 Å². The molecule has 0 aromatic heterocycles. The predicted octanol–water partition coefficient (Wildman–Crippen LogP) is 2.39. The molecule has 2 saturated carbocycles. The summed E-state index contributed by atoms with van der Waals surface area (Å²) < 4.78 is 0. The molecule has 2 unspecified atom stereocenters. The average Bonchev–Trinajstić information content (AvgIpc) is 2.72. The lowest BCUT2D eigenvalue weighted by molar-refractivity contribution is 0.0171. The zero-order valence-electron chi connectivity index (χ0n) is 10.7. The van der Waals surface area contributed by atoms with E-state index in [1.54, 1.807) is 0 Å². The molecule has 1 spiro atoms. The molecule has 3 rings (SSSR count). The second-order valence-corrected chi connectivity index (χ2v) is 6.43. The van der Waals surface area contributed by atoms with E-state index in [1.165, 1.54) is 64.5 Å². The van der Waals surface area contributed by atoms with E-state index in [-0.39, 0.29) is 0 Å².